The third kappa shape index (κ3) is 4.46. The van der Waals surface area contributed by atoms with Crippen molar-refractivity contribution in [2.24, 2.45) is 5.10 Å². The second kappa shape index (κ2) is 8.80. The van der Waals surface area contributed by atoms with Crippen LogP contribution in [0.25, 0.3) is 0 Å². The van der Waals surface area contributed by atoms with Gasteiger partial charge in [0.05, 0.1) is 13.2 Å². The van der Waals surface area contributed by atoms with Gasteiger partial charge in [0.1, 0.15) is 5.71 Å². The van der Waals surface area contributed by atoms with Gasteiger partial charge < -0.3 is 9.47 Å². The molecular weight excluding hydrogens is 352 g/mol. The van der Waals surface area contributed by atoms with Crippen LogP contribution in [0.1, 0.15) is 16.7 Å². The van der Waals surface area contributed by atoms with E-state index in [0.29, 0.717) is 25.3 Å². The highest BCUT2D eigenvalue weighted by Gasteiger charge is 2.45. The molecule has 1 aliphatic rings. The molecule has 0 fully saturated rings. The van der Waals surface area contributed by atoms with Crippen molar-refractivity contribution < 1.29 is 14.3 Å². The minimum Gasteiger partial charge on any atom is -0.316 e. The van der Waals surface area contributed by atoms with E-state index in [4.69, 9.17) is 14.3 Å². The van der Waals surface area contributed by atoms with E-state index >= 15 is 0 Å². The quantitative estimate of drug-likeness (QED) is 0.600. The third-order valence-corrected chi connectivity index (χ3v) is 4.47. The molecule has 0 aromatic heterocycles. The van der Waals surface area contributed by atoms with Crippen molar-refractivity contribution in [1.29, 1.82) is 0 Å². The Balaban J connectivity index is 1.54. The predicted octanol–water partition coefficient (Wildman–Crippen LogP) is 4.21. The van der Waals surface area contributed by atoms with Gasteiger partial charge in [0.15, 0.2) is 0 Å². The normalized spacial score (nSPS) is 15.1. The molecule has 28 heavy (non-hydrogen) atoms. The van der Waals surface area contributed by atoms with Crippen LogP contribution in [0.15, 0.2) is 96.1 Å². The molecule has 0 radical (unpaired) electrons. The number of benzene rings is 3. The van der Waals surface area contributed by atoms with E-state index in [9.17, 15) is 0 Å². The maximum Gasteiger partial charge on any atom is 0.351 e. The van der Waals surface area contributed by atoms with Crippen molar-refractivity contribution in [3.05, 3.63) is 108 Å². The third-order valence-electron chi connectivity index (χ3n) is 4.47. The molecule has 0 unspecified atom stereocenters. The lowest BCUT2D eigenvalue weighted by Gasteiger charge is -2.28. The fourth-order valence-corrected chi connectivity index (χ4v) is 2.97. The zero-order chi connectivity index (χ0) is 19.1. The fourth-order valence-electron chi connectivity index (χ4n) is 2.97. The molecule has 0 atom stereocenters. The first-order valence-corrected chi connectivity index (χ1v) is 9.24. The number of nitrogens with one attached hydrogen (secondary N) is 1. The molecule has 5 heteroatoms. The minimum atomic E-state index is -1.39. The van der Waals surface area contributed by atoms with Gasteiger partial charge in [-0.05, 0) is 16.7 Å². The smallest absolute Gasteiger partial charge is 0.316 e. The number of hydrogen-bond donors (Lipinski definition) is 1. The monoisotopic (exact) mass is 374 g/mol. The van der Waals surface area contributed by atoms with Crippen molar-refractivity contribution in [3.63, 3.8) is 0 Å². The van der Waals surface area contributed by atoms with Gasteiger partial charge in [-0.1, -0.05) is 91.0 Å². The summed E-state index contributed by atoms with van der Waals surface area (Å²) in [5, 5.41) is 4.30. The topological polar surface area (TPSA) is 52.1 Å². The van der Waals surface area contributed by atoms with E-state index in [1.165, 1.54) is 0 Å². The molecule has 0 saturated heterocycles. The Morgan fingerprint density at radius 3 is 1.64 bits per heavy atom. The van der Waals surface area contributed by atoms with Crippen LogP contribution < -0.4 is 5.59 Å². The van der Waals surface area contributed by atoms with Crippen molar-refractivity contribution >= 4 is 5.71 Å². The van der Waals surface area contributed by atoms with Gasteiger partial charge in [-0.25, -0.2) is 0 Å². The number of nitrogens with zero attached hydrogens (tertiary/aromatic N) is 1. The zero-order valence-corrected chi connectivity index (χ0v) is 15.5. The summed E-state index contributed by atoms with van der Waals surface area (Å²) in [6.07, 6.45) is 0.553. The van der Waals surface area contributed by atoms with Gasteiger partial charge in [-0.2, -0.15) is 15.5 Å². The van der Waals surface area contributed by atoms with Crippen LogP contribution in [0.5, 0.6) is 0 Å². The highest BCUT2D eigenvalue weighted by atomic mass is 16.9. The Hall–Kier alpha value is -2.99. The van der Waals surface area contributed by atoms with Crippen molar-refractivity contribution in [2.75, 3.05) is 0 Å². The van der Waals surface area contributed by atoms with E-state index in [1.807, 2.05) is 91.0 Å². The fraction of sp³-hybridized carbons (Fsp3) is 0.174. The Bertz CT molecular complexity index is 855. The van der Waals surface area contributed by atoms with Crippen LogP contribution in [0.2, 0.25) is 0 Å². The largest absolute Gasteiger partial charge is 0.351 e. The average molecular weight is 374 g/mol. The van der Waals surface area contributed by atoms with Crippen LogP contribution in [0.3, 0.4) is 0 Å². The van der Waals surface area contributed by atoms with Crippen LogP contribution in [-0.2, 0) is 33.9 Å². The van der Waals surface area contributed by atoms with Crippen molar-refractivity contribution in [2.45, 2.75) is 25.6 Å². The molecule has 3 aromatic carbocycles. The summed E-state index contributed by atoms with van der Waals surface area (Å²) in [4.78, 5) is 5.67. The van der Waals surface area contributed by atoms with Crippen molar-refractivity contribution in [1.82, 2.24) is 5.59 Å². The molecule has 0 spiro atoms. The van der Waals surface area contributed by atoms with Crippen LogP contribution >= 0.6 is 0 Å². The highest BCUT2D eigenvalue weighted by Crippen LogP contribution is 2.26. The second-order valence-electron chi connectivity index (χ2n) is 6.52. The van der Waals surface area contributed by atoms with Gasteiger partial charge in [0, 0.05) is 6.42 Å². The molecule has 1 N–H and O–H groups in total. The molecule has 1 heterocycles. The Morgan fingerprint density at radius 2 is 1.14 bits per heavy atom. The summed E-state index contributed by atoms with van der Waals surface area (Å²) in [6.45, 7) is 0.677. The molecule has 4 rings (SSSR count). The van der Waals surface area contributed by atoms with E-state index in [-0.39, 0.29) is 0 Å². The van der Waals surface area contributed by atoms with Crippen molar-refractivity contribution in [3.8, 4) is 0 Å². The first kappa shape index (κ1) is 18.4. The Kier molecular flexibility index (Phi) is 5.77. The number of hydrazone groups is 1. The van der Waals surface area contributed by atoms with Crippen LogP contribution in [-0.4, -0.2) is 11.7 Å². The van der Waals surface area contributed by atoms with Gasteiger partial charge >= 0.3 is 5.97 Å². The first-order valence-electron chi connectivity index (χ1n) is 9.24. The summed E-state index contributed by atoms with van der Waals surface area (Å²) in [6, 6.07) is 29.9. The molecular formula is C23H22N2O3. The standard InChI is InChI=1S/C23H22N2O3/c1-4-10-19(11-5-1)16-22-23(28-25-24-22,26-17-20-12-6-2-7-13-20)27-18-21-14-8-3-9-15-21/h1-15,25H,16-18H2. The molecule has 0 bridgehead atoms. The lowest BCUT2D eigenvalue weighted by Crippen LogP contribution is -2.45. The van der Waals surface area contributed by atoms with E-state index < -0.39 is 5.97 Å². The van der Waals surface area contributed by atoms with Crippen LogP contribution in [0.4, 0.5) is 0 Å². The average Bonchev–Trinajstić information content (AvgIpc) is 3.16. The van der Waals surface area contributed by atoms with E-state index in [1.54, 1.807) is 0 Å². The Morgan fingerprint density at radius 1 is 0.679 bits per heavy atom. The lowest BCUT2D eigenvalue weighted by atomic mass is 10.1. The summed E-state index contributed by atoms with van der Waals surface area (Å²) in [7, 11) is 0. The summed E-state index contributed by atoms with van der Waals surface area (Å²) >= 11 is 0. The predicted molar refractivity (Wildman–Crippen MR) is 107 cm³/mol. The molecule has 0 aliphatic carbocycles. The SMILES string of the molecule is c1ccc(COC2(OCc3ccccc3)ONN=C2Cc2ccccc2)cc1. The maximum absolute atomic E-state index is 6.15. The van der Waals surface area contributed by atoms with Crippen LogP contribution in [0, 0.1) is 0 Å². The van der Waals surface area contributed by atoms with Gasteiger partial charge in [0.2, 0.25) is 0 Å². The highest BCUT2D eigenvalue weighted by molar-refractivity contribution is 5.92. The summed E-state index contributed by atoms with van der Waals surface area (Å²) in [5.74, 6) is -1.39. The van der Waals surface area contributed by atoms with Gasteiger partial charge in [0.25, 0.3) is 0 Å². The molecule has 1 aliphatic heterocycles. The van der Waals surface area contributed by atoms with Gasteiger partial charge in [-0.3, -0.25) is 0 Å². The number of ether oxygens (including phenoxy) is 2. The molecule has 0 saturated carbocycles. The minimum absolute atomic E-state index is 0.338. The molecule has 3 aromatic rings. The second-order valence-corrected chi connectivity index (χ2v) is 6.52. The summed E-state index contributed by atoms with van der Waals surface area (Å²) in [5.41, 5.74) is 6.39. The number of hydrogen-bond acceptors (Lipinski definition) is 5. The lowest BCUT2D eigenvalue weighted by molar-refractivity contribution is -0.355. The Labute approximate surface area is 164 Å². The van der Waals surface area contributed by atoms with E-state index in [2.05, 4.69) is 10.7 Å². The molecule has 0 amide bonds. The zero-order valence-electron chi connectivity index (χ0n) is 15.5. The molecule has 142 valence electrons. The van der Waals surface area contributed by atoms with E-state index in [0.717, 1.165) is 16.7 Å². The molecule has 5 nitrogen and oxygen atoms in total. The first-order chi connectivity index (χ1) is 13.8. The summed E-state index contributed by atoms with van der Waals surface area (Å²) < 4.78 is 12.3. The maximum atomic E-state index is 6.15. The number of rotatable bonds is 8. The van der Waals surface area contributed by atoms with Gasteiger partial charge in [-0.15, -0.1) is 0 Å².